The van der Waals surface area contributed by atoms with Gasteiger partial charge in [-0.05, 0) is 36.5 Å². The molecule has 0 aromatic heterocycles. The number of hydrogen-bond donors (Lipinski definition) is 0. The van der Waals surface area contributed by atoms with E-state index in [2.05, 4.69) is 65.9 Å². The predicted molar refractivity (Wildman–Crippen MR) is 125 cm³/mol. The highest BCUT2D eigenvalue weighted by Crippen LogP contribution is 2.44. The molecule has 1 aliphatic carbocycles. The van der Waals surface area contributed by atoms with Crippen LogP contribution < -0.4 is 0 Å². The van der Waals surface area contributed by atoms with Crippen LogP contribution in [0.3, 0.4) is 0 Å². The predicted octanol–water partition coefficient (Wildman–Crippen LogP) is 5.81. The van der Waals surface area contributed by atoms with Gasteiger partial charge in [0.2, 0.25) is 0 Å². The Kier molecular flexibility index (Phi) is 6.06. The van der Waals surface area contributed by atoms with Crippen LogP contribution in [0.25, 0.3) is 0 Å². The Morgan fingerprint density at radius 3 is 2.37 bits per heavy atom. The van der Waals surface area contributed by atoms with E-state index in [4.69, 9.17) is 11.6 Å². The first kappa shape index (κ1) is 21.2. The van der Waals surface area contributed by atoms with Crippen molar-refractivity contribution in [1.82, 2.24) is 19.6 Å². The number of benzene rings is 1. The Morgan fingerprint density at radius 2 is 1.73 bits per heavy atom. The number of hydrogen-bond acceptors (Lipinski definition) is 4. The minimum Gasteiger partial charge on any atom is -0.342 e. The zero-order chi connectivity index (χ0) is 21.4. The highest BCUT2D eigenvalue weighted by atomic mass is 35.5. The first-order valence-corrected chi connectivity index (χ1v) is 11.7. The fraction of sp³-hybridized carbons (Fsp3) is 0.520. The molecular formula is C25H35ClN4. The Bertz CT molecular complexity index is 837. The van der Waals surface area contributed by atoms with Gasteiger partial charge in [0.05, 0.1) is 5.70 Å². The lowest BCUT2D eigenvalue weighted by molar-refractivity contribution is 0.117. The van der Waals surface area contributed by atoms with Crippen LogP contribution >= 0.6 is 11.6 Å². The largest absolute Gasteiger partial charge is 0.342 e. The summed E-state index contributed by atoms with van der Waals surface area (Å²) in [5, 5.41) is 0.784. The quantitative estimate of drug-likeness (QED) is 0.569. The molecule has 1 atom stereocenters. The maximum absolute atomic E-state index is 6.15. The van der Waals surface area contributed by atoms with Crippen molar-refractivity contribution in [2.24, 2.45) is 5.92 Å². The Hall–Kier alpha value is -2.07. The van der Waals surface area contributed by atoms with Crippen molar-refractivity contribution in [3.8, 4) is 0 Å². The molecule has 162 valence electrons. The summed E-state index contributed by atoms with van der Waals surface area (Å²) >= 11 is 6.15. The first-order valence-electron chi connectivity index (χ1n) is 11.3. The lowest BCUT2D eigenvalue weighted by Crippen LogP contribution is -2.41. The van der Waals surface area contributed by atoms with E-state index < -0.39 is 0 Å². The third-order valence-corrected chi connectivity index (χ3v) is 7.24. The maximum atomic E-state index is 6.15. The third-order valence-electron chi connectivity index (χ3n) is 6.99. The van der Waals surface area contributed by atoms with Crippen molar-refractivity contribution in [2.45, 2.75) is 58.2 Å². The number of nitrogens with zero attached hydrogens (tertiary/aromatic N) is 4. The molecule has 2 aliphatic heterocycles. The summed E-state index contributed by atoms with van der Waals surface area (Å²) in [6, 6.07) is 8.27. The van der Waals surface area contributed by atoms with Gasteiger partial charge in [-0.1, -0.05) is 69.5 Å². The van der Waals surface area contributed by atoms with Crippen LogP contribution in [0, 0.1) is 5.92 Å². The summed E-state index contributed by atoms with van der Waals surface area (Å²) in [4.78, 5) is 9.57. The van der Waals surface area contributed by atoms with Gasteiger partial charge < -0.3 is 19.6 Å². The first-order chi connectivity index (χ1) is 14.4. The van der Waals surface area contributed by atoms with Gasteiger partial charge in [0, 0.05) is 32.2 Å². The second-order valence-corrected chi connectivity index (χ2v) is 9.41. The molecule has 5 heteroatoms. The zero-order valence-electron chi connectivity index (χ0n) is 18.7. The van der Waals surface area contributed by atoms with Crippen molar-refractivity contribution in [1.29, 1.82) is 0 Å². The summed E-state index contributed by atoms with van der Waals surface area (Å²) < 4.78 is 0. The monoisotopic (exact) mass is 426 g/mol. The average Bonchev–Trinajstić information content (AvgIpc) is 3.33. The van der Waals surface area contributed by atoms with E-state index >= 15 is 0 Å². The normalized spacial score (nSPS) is 22.6. The molecule has 0 spiro atoms. The van der Waals surface area contributed by atoms with E-state index in [1.807, 2.05) is 12.1 Å². The Morgan fingerprint density at radius 1 is 1.07 bits per heavy atom. The molecule has 1 unspecified atom stereocenters. The zero-order valence-corrected chi connectivity index (χ0v) is 19.5. The molecule has 1 aromatic carbocycles. The molecule has 0 radical (unpaired) electrons. The van der Waals surface area contributed by atoms with E-state index in [0.717, 1.165) is 42.0 Å². The fourth-order valence-corrected chi connectivity index (χ4v) is 5.49. The molecule has 2 heterocycles. The summed E-state index contributed by atoms with van der Waals surface area (Å²) in [5.41, 5.74) is 3.60. The van der Waals surface area contributed by atoms with Crippen molar-refractivity contribution >= 4 is 11.6 Å². The molecule has 1 fully saturated rings. The van der Waals surface area contributed by atoms with E-state index in [1.54, 1.807) is 0 Å². The van der Waals surface area contributed by atoms with Crippen LogP contribution in [0.4, 0.5) is 0 Å². The topological polar surface area (TPSA) is 13.0 Å². The van der Waals surface area contributed by atoms with Crippen molar-refractivity contribution in [2.75, 3.05) is 20.6 Å². The van der Waals surface area contributed by atoms with Crippen LogP contribution in [0.15, 0.2) is 60.5 Å². The van der Waals surface area contributed by atoms with Crippen LogP contribution in [0.1, 0.15) is 51.0 Å². The molecule has 1 aromatic rings. The van der Waals surface area contributed by atoms with Gasteiger partial charge in [0.1, 0.15) is 23.5 Å². The summed E-state index contributed by atoms with van der Waals surface area (Å²) in [6.45, 7) is 12.9. The third kappa shape index (κ3) is 3.71. The minimum atomic E-state index is 0.336. The van der Waals surface area contributed by atoms with Crippen molar-refractivity contribution in [3.05, 3.63) is 71.0 Å². The van der Waals surface area contributed by atoms with Gasteiger partial charge in [0.25, 0.3) is 0 Å². The van der Waals surface area contributed by atoms with Gasteiger partial charge in [-0.2, -0.15) is 0 Å². The van der Waals surface area contributed by atoms with Crippen LogP contribution in [-0.4, -0.2) is 46.4 Å². The smallest absolute Gasteiger partial charge is 0.137 e. The Balaban J connectivity index is 1.71. The highest BCUT2D eigenvalue weighted by Gasteiger charge is 2.44. The minimum absolute atomic E-state index is 0.336. The van der Waals surface area contributed by atoms with Gasteiger partial charge >= 0.3 is 0 Å². The standard InChI is InChI=1S/C25H35ClN4/c1-6-15-29-18(2)24-25(27(4)19(29)3)28(5)23(16-20-9-7-8-10-20)30(24)17-21-11-13-22(26)14-12-21/h11-14,20,23H,2-3,6-10,15-17H2,1,4-5H3. The summed E-state index contributed by atoms with van der Waals surface area (Å²) in [7, 11) is 4.38. The SMILES string of the molecule is C=C1C2=C(N(C)C(=C)N1CCC)N(C)C(CC1CCCC1)N2Cc1ccc(Cl)cc1. The second kappa shape index (κ2) is 8.58. The van der Waals surface area contributed by atoms with Gasteiger partial charge in [0.15, 0.2) is 0 Å². The molecule has 0 saturated heterocycles. The molecule has 0 amide bonds. The lowest BCUT2D eigenvalue weighted by atomic mass is 10.0. The van der Waals surface area contributed by atoms with Crippen LogP contribution in [0.2, 0.25) is 5.02 Å². The molecule has 30 heavy (non-hydrogen) atoms. The molecule has 4 rings (SSSR count). The second-order valence-electron chi connectivity index (χ2n) is 8.98. The van der Waals surface area contributed by atoms with E-state index in [-0.39, 0.29) is 0 Å². The molecule has 4 nitrogen and oxygen atoms in total. The molecular weight excluding hydrogens is 392 g/mol. The highest BCUT2D eigenvalue weighted by molar-refractivity contribution is 6.30. The van der Waals surface area contributed by atoms with Gasteiger partial charge in [-0.15, -0.1) is 0 Å². The Labute approximate surface area is 187 Å². The fourth-order valence-electron chi connectivity index (χ4n) is 5.36. The van der Waals surface area contributed by atoms with Gasteiger partial charge in [-0.25, -0.2) is 0 Å². The summed E-state index contributed by atoms with van der Waals surface area (Å²) in [5.74, 6) is 3.05. The van der Waals surface area contributed by atoms with Crippen LogP contribution in [-0.2, 0) is 6.54 Å². The van der Waals surface area contributed by atoms with Crippen molar-refractivity contribution in [3.63, 3.8) is 0 Å². The molecule has 1 saturated carbocycles. The lowest BCUT2D eigenvalue weighted by Gasteiger charge is -2.41. The number of halogens is 1. The maximum Gasteiger partial charge on any atom is 0.137 e. The van der Waals surface area contributed by atoms with Crippen molar-refractivity contribution < 1.29 is 0 Å². The van der Waals surface area contributed by atoms with E-state index in [1.165, 1.54) is 49.2 Å². The molecule has 0 N–H and O–H groups in total. The van der Waals surface area contributed by atoms with E-state index in [0.29, 0.717) is 6.17 Å². The van der Waals surface area contributed by atoms with E-state index in [9.17, 15) is 0 Å². The van der Waals surface area contributed by atoms with Crippen LogP contribution in [0.5, 0.6) is 0 Å². The number of rotatable bonds is 6. The average molecular weight is 427 g/mol. The molecule has 3 aliphatic rings. The summed E-state index contributed by atoms with van der Waals surface area (Å²) in [6.07, 6.45) is 8.05. The molecule has 0 bridgehead atoms. The van der Waals surface area contributed by atoms with Gasteiger partial charge in [-0.3, -0.25) is 0 Å².